The maximum atomic E-state index is 10.7. The highest BCUT2D eigenvalue weighted by molar-refractivity contribution is 5.35. The standard InChI is InChI=1S/C16H14N2O8/c19-15-13(9-1-5-11(6-2-9)17(21)22)25-16(20)14(26-15)10-3-7-12(8-4-10)18(23)24/h1-8,13-16,19-20H. The van der Waals surface area contributed by atoms with Gasteiger partial charge in [-0.1, -0.05) is 0 Å². The molecule has 1 saturated heterocycles. The summed E-state index contributed by atoms with van der Waals surface area (Å²) < 4.78 is 10.8. The number of nitro benzene ring substituents is 2. The molecular weight excluding hydrogens is 348 g/mol. The number of benzene rings is 2. The van der Waals surface area contributed by atoms with E-state index in [0.29, 0.717) is 11.1 Å². The van der Waals surface area contributed by atoms with Gasteiger partial charge in [-0.05, 0) is 35.4 Å². The number of non-ortho nitro benzene ring substituents is 2. The second-order valence-corrected chi connectivity index (χ2v) is 5.59. The number of ether oxygens (including phenoxy) is 2. The third-order valence-corrected chi connectivity index (χ3v) is 3.95. The van der Waals surface area contributed by atoms with Crippen molar-refractivity contribution in [3.8, 4) is 0 Å². The van der Waals surface area contributed by atoms with Crippen molar-refractivity contribution in [1.29, 1.82) is 0 Å². The van der Waals surface area contributed by atoms with Crippen LogP contribution < -0.4 is 0 Å². The van der Waals surface area contributed by atoms with E-state index in [4.69, 9.17) is 9.47 Å². The van der Waals surface area contributed by atoms with E-state index in [9.17, 15) is 30.4 Å². The maximum Gasteiger partial charge on any atom is 0.269 e. The van der Waals surface area contributed by atoms with Gasteiger partial charge in [-0.3, -0.25) is 20.2 Å². The Morgan fingerprint density at radius 3 is 1.27 bits per heavy atom. The zero-order valence-corrected chi connectivity index (χ0v) is 13.2. The van der Waals surface area contributed by atoms with Crippen LogP contribution in [0.25, 0.3) is 0 Å². The van der Waals surface area contributed by atoms with Crippen molar-refractivity contribution in [3.63, 3.8) is 0 Å². The smallest absolute Gasteiger partial charge is 0.269 e. The van der Waals surface area contributed by atoms with Gasteiger partial charge in [-0.25, -0.2) is 0 Å². The number of nitro groups is 2. The van der Waals surface area contributed by atoms with Crippen molar-refractivity contribution >= 4 is 11.4 Å². The fourth-order valence-corrected chi connectivity index (χ4v) is 2.64. The van der Waals surface area contributed by atoms with E-state index in [0.717, 1.165) is 0 Å². The minimum atomic E-state index is -1.44. The first-order chi connectivity index (χ1) is 12.4. The molecule has 3 rings (SSSR count). The summed E-state index contributed by atoms with van der Waals surface area (Å²) in [6, 6.07) is 10.6. The summed E-state index contributed by atoms with van der Waals surface area (Å²) >= 11 is 0. The number of nitrogens with zero attached hydrogens (tertiary/aromatic N) is 2. The van der Waals surface area contributed by atoms with Gasteiger partial charge < -0.3 is 19.7 Å². The molecule has 1 fully saturated rings. The molecule has 10 nitrogen and oxygen atoms in total. The van der Waals surface area contributed by atoms with Gasteiger partial charge in [0.25, 0.3) is 11.4 Å². The lowest BCUT2D eigenvalue weighted by atomic mass is 10.0. The zero-order valence-electron chi connectivity index (χ0n) is 13.2. The average molecular weight is 362 g/mol. The van der Waals surface area contributed by atoms with E-state index < -0.39 is 34.6 Å². The second-order valence-electron chi connectivity index (χ2n) is 5.59. The summed E-state index contributed by atoms with van der Waals surface area (Å²) in [7, 11) is 0. The van der Waals surface area contributed by atoms with E-state index in [-0.39, 0.29) is 11.4 Å². The molecule has 0 spiro atoms. The van der Waals surface area contributed by atoms with Gasteiger partial charge in [0.1, 0.15) is 12.2 Å². The molecule has 0 aromatic heterocycles. The van der Waals surface area contributed by atoms with Gasteiger partial charge in [-0.15, -0.1) is 0 Å². The van der Waals surface area contributed by atoms with Crippen LogP contribution in [0.4, 0.5) is 11.4 Å². The van der Waals surface area contributed by atoms with Crippen molar-refractivity contribution in [1.82, 2.24) is 0 Å². The molecule has 136 valence electrons. The average Bonchev–Trinajstić information content (AvgIpc) is 2.63. The Labute approximate surface area is 146 Å². The Hall–Kier alpha value is -2.92. The van der Waals surface area contributed by atoms with Crippen LogP contribution in [-0.2, 0) is 9.47 Å². The summed E-state index contributed by atoms with van der Waals surface area (Å²) in [5.41, 5.74) is 0.544. The minimum Gasteiger partial charge on any atom is -0.366 e. The first kappa shape index (κ1) is 17.9. The molecule has 1 aliphatic heterocycles. The predicted molar refractivity (Wildman–Crippen MR) is 85.9 cm³/mol. The van der Waals surface area contributed by atoms with Crippen LogP contribution >= 0.6 is 0 Å². The lowest BCUT2D eigenvalue weighted by Gasteiger charge is -2.37. The molecule has 0 bridgehead atoms. The van der Waals surface area contributed by atoms with Crippen molar-refractivity contribution in [2.24, 2.45) is 0 Å². The van der Waals surface area contributed by atoms with Crippen LogP contribution in [0.2, 0.25) is 0 Å². The van der Waals surface area contributed by atoms with Gasteiger partial charge >= 0.3 is 0 Å². The molecule has 10 heteroatoms. The van der Waals surface area contributed by atoms with Crippen LogP contribution in [-0.4, -0.2) is 32.6 Å². The van der Waals surface area contributed by atoms with Crippen molar-refractivity contribution in [2.75, 3.05) is 0 Å². The topological polar surface area (TPSA) is 145 Å². The lowest BCUT2D eigenvalue weighted by molar-refractivity contribution is -0.385. The first-order valence-corrected chi connectivity index (χ1v) is 7.52. The van der Waals surface area contributed by atoms with Gasteiger partial charge in [0.05, 0.1) is 9.85 Å². The van der Waals surface area contributed by atoms with Gasteiger partial charge in [0.15, 0.2) is 12.6 Å². The third-order valence-electron chi connectivity index (χ3n) is 3.95. The Morgan fingerprint density at radius 1 is 0.692 bits per heavy atom. The normalized spacial score (nSPS) is 25.6. The van der Waals surface area contributed by atoms with Crippen LogP contribution in [0.3, 0.4) is 0 Å². The summed E-state index contributed by atoms with van der Waals surface area (Å²) in [6.45, 7) is 0. The van der Waals surface area contributed by atoms with Crippen LogP contribution in [0.5, 0.6) is 0 Å². The molecule has 1 heterocycles. The number of rotatable bonds is 4. The fourth-order valence-electron chi connectivity index (χ4n) is 2.64. The van der Waals surface area contributed by atoms with E-state index >= 15 is 0 Å². The van der Waals surface area contributed by atoms with Crippen LogP contribution in [0.15, 0.2) is 48.5 Å². The van der Waals surface area contributed by atoms with Gasteiger partial charge in [0, 0.05) is 24.3 Å². The second kappa shape index (κ2) is 7.14. The maximum absolute atomic E-state index is 10.7. The highest BCUT2D eigenvalue weighted by Gasteiger charge is 2.39. The molecule has 4 unspecified atom stereocenters. The molecule has 0 amide bonds. The number of aliphatic hydroxyl groups excluding tert-OH is 2. The molecule has 4 atom stereocenters. The van der Waals surface area contributed by atoms with Gasteiger partial charge in [-0.2, -0.15) is 0 Å². The summed E-state index contributed by atoms with van der Waals surface area (Å²) in [6.07, 6.45) is -4.97. The molecular formula is C16H14N2O8. The minimum absolute atomic E-state index is 0.121. The molecule has 26 heavy (non-hydrogen) atoms. The van der Waals surface area contributed by atoms with E-state index in [2.05, 4.69) is 0 Å². The molecule has 0 radical (unpaired) electrons. The van der Waals surface area contributed by atoms with E-state index in [1.54, 1.807) is 0 Å². The largest absolute Gasteiger partial charge is 0.366 e. The number of aliphatic hydroxyl groups is 2. The summed E-state index contributed by atoms with van der Waals surface area (Å²) in [5, 5.41) is 41.8. The monoisotopic (exact) mass is 362 g/mol. The fraction of sp³-hybridized carbons (Fsp3) is 0.250. The third kappa shape index (κ3) is 3.53. The molecule has 0 saturated carbocycles. The van der Waals surface area contributed by atoms with Crippen molar-refractivity contribution in [3.05, 3.63) is 79.9 Å². The molecule has 2 aromatic carbocycles. The summed E-state index contributed by atoms with van der Waals surface area (Å²) in [4.78, 5) is 20.3. The number of hydrogen-bond donors (Lipinski definition) is 2. The van der Waals surface area contributed by atoms with E-state index in [1.807, 2.05) is 0 Å². The quantitative estimate of drug-likeness (QED) is 0.620. The SMILES string of the molecule is O=[N+]([O-])c1ccc(C2OC(O)C(c3ccc([N+](=O)[O-])cc3)OC2O)cc1. The molecule has 2 N–H and O–H groups in total. The predicted octanol–water partition coefficient (Wildman–Crippen LogP) is 1.97. The molecule has 2 aromatic rings. The molecule has 0 aliphatic carbocycles. The first-order valence-electron chi connectivity index (χ1n) is 7.52. The van der Waals surface area contributed by atoms with Crippen molar-refractivity contribution in [2.45, 2.75) is 24.8 Å². The highest BCUT2D eigenvalue weighted by atomic mass is 16.7. The van der Waals surface area contributed by atoms with Gasteiger partial charge in [0.2, 0.25) is 0 Å². The Balaban J connectivity index is 1.76. The van der Waals surface area contributed by atoms with E-state index in [1.165, 1.54) is 48.5 Å². The highest BCUT2D eigenvalue weighted by Crippen LogP contribution is 2.37. The lowest BCUT2D eigenvalue weighted by Crippen LogP contribution is -2.40. The Morgan fingerprint density at radius 2 is 1.00 bits per heavy atom. The van der Waals surface area contributed by atoms with Crippen molar-refractivity contribution < 1.29 is 29.5 Å². The zero-order chi connectivity index (χ0) is 18.8. The Kier molecular flexibility index (Phi) is 4.91. The molecule has 1 aliphatic rings. The van der Waals surface area contributed by atoms with Crippen LogP contribution in [0, 0.1) is 20.2 Å². The van der Waals surface area contributed by atoms with Crippen LogP contribution in [0.1, 0.15) is 23.3 Å². The summed E-state index contributed by atoms with van der Waals surface area (Å²) in [5.74, 6) is 0. The Bertz CT molecular complexity index is 739. The number of hydrogen-bond acceptors (Lipinski definition) is 8.